The van der Waals surface area contributed by atoms with Gasteiger partial charge >= 0.3 is 17.9 Å². The first-order valence-corrected chi connectivity index (χ1v) is 10.4. The van der Waals surface area contributed by atoms with Gasteiger partial charge in [0.25, 0.3) is 0 Å². The summed E-state index contributed by atoms with van der Waals surface area (Å²) in [6.45, 7) is 3.90. The summed E-state index contributed by atoms with van der Waals surface area (Å²) < 4.78 is 15.6. The van der Waals surface area contributed by atoms with Crippen LogP contribution in [-0.4, -0.2) is 65.2 Å². The summed E-state index contributed by atoms with van der Waals surface area (Å²) in [5, 5.41) is 8.03. The summed E-state index contributed by atoms with van der Waals surface area (Å²) >= 11 is 12.3. The Bertz CT molecular complexity index is 423. The number of aliphatic hydroxyl groups excluding tert-OH is 1. The van der Waals surface area contributed by atoms with Crippen LogP contribution in [0.2, 0.25) is 0 Å². The molecule has 0 aliphatic rings. The van der Waals surface area contributed by atoms with Crippen LogP contribution in [0.25, 0.3) is 0 Å². The minimum Gasteiger partial charge on any atom is -0.464 e. The van der Waals surface area contributed by atoms with E-state index in [1.165, 1.54) is 0 Å². The predicted octanol–water partition coefficient (Wildman–Crippen LogP) is 1.72. The van der Waals surface area contributed by atoms with Crippen molar-refractivity contribution >= 4 is 55.8 Å². The van der Waals surface area contributed by atoms with E-state index in [1.807, 2.05) is 0 Å². The van der Waals surface area contributed by atoms with Crippen LogP contribution in [0, 0.1) is 5.41 Å². The minimum atomic E-state index is -1.29. The molecule has 0 aromatic heterocycles. The maximum atomic E-state index is 11.9. The molecule has 0 aromatic carbocycles. The molecule has 7 nitrogen and oxygen atoms in total. The van der Waals surface area contributed by atoms with E-state index < -0.39 is 45.7 Å². The normalized spacial score (nSPS) is 16.6. The van der Waals surface area contributed by atoms with Crippen molar-refractivity contribution in [1.29, 1.82) is 0 Å². The van der Waals surface area contributed by atoms with E-state index in [1.54, 1.807) is 20.8 Å². The molecule has 0 bridgehead atoms. The van der Waals surface area contributed by atoms with Crippen LogP contribution in [0.5, 0.6) is 0 Å². The molecular weight excluding hydrogens is 412 g/mol. The summed E-state index contributed by atoms with van der Waals surface area (Å²) in [5.41, 5.74) is -1.29. The van der Waals surface area contributed by atoms with E-state index >= 15 is 0 Å². The second kappa shape index (κ2) is 13.6. The molecule has 0 aliphatic heterocycles. The lowest BCUT2D eigenvalue weighted by Crippen LogP contribution is -2.44. The van der Waals surface area contributed by atoms with Crippen LogP contribution < -0.4 is 0 Å². The molecule has 10 heteroatoms. The number of hydrogen-bond donors (Lipinski definition) is 4. The minimum absolute atomic E-state index is 0.299. The van der Waals surface area contributed by atoms with E-state index in [2.05, 4.69) is 37.9 Å². The lowest BCUT2D eigenvalue weighted by atomic mass is 9.92. The van der Waals surface area contributed by atoms with E-state index in [0.717, 1.165) is 0 Å². The molecule has 0 saturated heterocycles. The zero-order valence-electron chi connectivity index (χ0n) is 15.9. The first kappa shape index (κ1) is 26.4. The summed E-state index contributed by atoms with van der Waals surface area (Å²) in [4.78, 5) is 35.7. The molecule has 0 aromatic rings. The van der Waals surface area contributed by atoms with Crippen LogP contribution in [0.4, 0.5) is 0 Å². The number of carbonyl (C=O) groups is 3. The Morgan fingerprint density at radius 2 is 1.00 bits per heavy atom. The van der Waals surface area contributed by atoms with Crippen molar-refractivity contribution in [3.63, 3.8) is 0 Å². The zero-order chi connectivity index (χ0) is 21.0. The van der Waals surface area contributed by atoms with Crippen LogP contribution in [0.15, 0.2) is 0 Å². The van der Waals surface area contributed by atoms with Crippen molar-refractivity contribution in [3.05, 3.63) is 0 Å². The smallest absolute Gasteiger partial charge is 0.318 e. The molecule has 0 saturated carbocycles. The highest BCUT2D eigenvalue weighted by atomic mass is 32.1. The third-order valence-corrected chi connectivity index (χ3v) is 5.60. The van der Waals surface area contributed by atoms with Crippen molar-refractivity contribution < 1.29 is 33.7 Å². The molecule has 27 heavy (non-hydrogen) atoms. The topological polar surface area (TPSA) is 99.1 Å². The van der Waals surface area contributed by atoms with Gasteiger partial charge in [-0.05, 0) is 19.3 Å². The molecule has 3 atom stereocenters. The lowest BCUT2D eigenvalue weighted by Gasteiger charge is -2.31. The first-order valence-electron chi connectivity index (χ1n) is 8.81. The number of thiol groups is 3. The molecule has 0 heterocycles. The number of ether oxygens (including phenoxy) is 3. The number of carbonyl (C=O) groups excluding carboxylic acids is 3. The van der Waals surface area contributed by atoms with Gasteiger partial charge in [0.2, 0.25) is 0 Å². The fourth-order valence-corrected chi connectivity index (χ4v) is 1.95. The van der Waals surface area contributed by atoms with Gasteiger partial charge in [0.05, 0.1) is 27.8 Å². The number of rotatable bonds is 13. The molecule has 0 radical (unpaired) electrons. The zero-order valence-corrected chi connectivity index (χ0v) is 18.6. The monoisotopic (exact) mass is 442 g/mol. The number of hydrogen-bond acceptors (Lipinski definition) is 10. The highest BCUT2D eigenvalue weighted by Crippen LogP contribution is 2.22. The second-order valence-corrected chi connectivity index (χ2v) is 8.12. The van der Waals surface area contributed by atoms with Crippen LogP contribution in [0.3, 0.4) is 0 Å². The molecule has 1 N–H and O–H groups in total. The highest BCUT2D eigenvalue weighted by Gasteiger charge is 2.37. The summed E-state index contributed by atoms with van der Waals surface area (Å²) in [5.74, 6) is -1.72. The molecule has 3 unspecified atom stereocenters. The van der Waals surface area contributed by atoms with Crippen molar-refractivity contribution in [2.45, 2.75) is 55.8 Å². The molecule has 0 spiro atoms. The fraction of sp³-hybridized carbons (Fsp3) is 0.824. The number of aliphatic hydroxyl groups is 1. The third kappa shape index (κ3) is 9.45. The molecule has 158 valence electrons. The Balaban J connectivity index is 5.14. The standard InChI is InChI=1S/C17H30O7S3/c1-4-11(25)14(19)22-8-17(7-18,9-23-15(20)12(26)5-2)10-24-16(21)13(27)6-3/h11-13,18,25-27H,4-10H2,1-3H3. The van der Waals surface area contributed by atoms with Gasteiger partial charge in [-0.25, -0.2) is 0 Å². The summed E-state index contributed by atoms with van der Waals surface area (Å²) in [7, 11) is 0. The molecular formula is C17H30O7S3. The molecule has 0 rings (SSSR count). The quantitative estimate of drug-likeness (QED) is 0.196. The Labute approximate surface area is 177 Å². The van der Waals surface area contributed by atoms with Crippen LogP contribution in [0.1, 0.15) is 40.0 Å². The maximum Gasteiger partial charge on any atom is 0.318 e. The Hall–Kier alpha value is -0.580. The van der Waals surface area contributed by atoms with Crippen LogP contribution in [-0.2, 0) is 28.6 Å². The summed E-state index contributed by atoms with van der Waals surface area (Å²) in [6.07, 6.45) is 1.40. The van der Waals surface area contributed by atoms with Gasteiger partial charge in [0, 0.05) is 0 Å². The van der Waals surface area contributed by atoms with Gasteiger partial charge in [-0.3, -0.25) is 14.4 Å². The SMILES string of the molecule is CCC(S)C(=O)OCC(CO)(COC(=O)C(S)CC)COC(=O)C(S)CC. The largest absolute Gasteiger partial charge is 0.464 e. The van der Waals surface area contributed by atoms with Gasteiger partial charge in [0.15, 0.2) is 0 Å². The van der Waals surface area contributed by atoms with Gasteiger partial charge < -0.3 is 19.3 Å². The average molecular weight is 443 g/mol. The molecule has 0 aliphatic carbocycles. The van der Waals surface area contributed by atoms with E-state index in [-0.39, 0.29) is 19.8 Å². The maximum absolute atomic E-state index is 11.9. The van der Waals surface area contributed by atoms with E-state index in [0.29, 0.717) is 19.3 Å². The van der Waals surface area contributed by atoms with Gasteiger partial charge in [-0.15, -0.1) is 0 Å². The van der Waals surface area contributed by atoms with Crippen LogP contribution >= 0.6 is 37.9 Å². The van der Waals surface area contributed by atoms with Gasteiger partial charge in [-0.2, -0.15) is 37.9 Å². The van der Waals surface area contributed by atoms with E-state index in [4.69, 9.17) is 14.2 Å². The van der Waals surface area contributed by atoms with Gasteiger partial charge in [-0.1, -0.05) is 20.8 Å². The fourth-order valence-electron chi connectivity index (χ4n) is 1.72. The first-order chi connectivity index (χ1) is 12.7. The second-order valence-electron chi connectivity index (χ2n) is 6.25. The number of esters is 3. The molecule has 0 fully saturated rings. The molecule has 0 amide bonds. The van der Waals surface area contributed by atoms with Crippen molar-refractivity contribution in [2.24, 2.45) is 5.41 Å². The third-order valence-electron chi connectivity index (χ3n) is 3.87. The van der Waals surface area contributed by atoms with Crippen molar-refractivity contribution in [3.8, 4) is 0 Å². The Kier molecular flexibility index (Phi) is 13.3. The average Bonchev–Trinajstić information content (AvgIpc) is 2.70. The Morgan fingerprint density at radius 3 is 1.19 bits per heavy atom. The van der Waals surface area contributed by atoms with Crippen molar-refractivity contribution in [1.82, 2.24) is 0 Å². The van der Waals surface area contributed by atoms with Crippen molar-refractivity contribution in [2.75, 3.05) is 26.4 Å². The summed E-state index contributed by atoms with van der Waals surface area (Å²) in [6, 6.07) is 0. The highest BCUT2D eigenvalue weighted by molar-refractivity contribution is 7.82. The Morgan fingerprint density at radius 1 is 0.741 bits per heavy atom. The van der Waals surface area contributed by atoms with Gasteiger partial charge in [0.1, 0.15) is 19.8 Å². The van der Waals surface area contributed by atoms with E-state index in [9.17, 15) is 19.5 Å². The lowest BCUT2D eigenvalue weighted by molar-refractivity contribution is -0.164. The predicted molar refractivity (Wildman–Crippen MR) is 112 cm³/mol.